The van der Waals surface area contributed by atoms with Crippen molar-refractivity contribution in [3.63, 3.8) is 0 Å². The van der Waals surface area contributed by atoms with Gasteiger partial charge in [0.25, 0.3) is 0 Å². The van der Waals surface area contributed by atoms with Gasteiger partial charge in [0.15, 0.2) is 0 Å². The predicted octanol–water partition coefficient (Wildman–Crippen LogP) is 4.22. The Morgan fingerprint density at radius 1 is 1.00 bits per heavy atom. The molecule has 1 heterocycles. The molecule has 1 aliphatic heterocycles. The fourth-order valence-corrected chi connectivity index (χ4v) is 2.40. The van der Waals surface area contributed by atoms with Crippen LogP contribution in [0.5, 0.6) is 0 Å². The molecular weight excluding hydrogens is 208 g/mol. The van der Waals surface area contributed by atoms with Gasteiger partial charge in [-0.2, -0.15) is 0 Å². The molecule has 0 atom stereocenters. The summed E-state index contributed by atoms with van der Waals surface area (Å²) in [4.78, 5) is 2.67. The second-order valence-corrected chi connectivity index (χ2v) is 5.29. The molecule has 0 unspecified atom stereocenters. The zero-order valence-corrected chi connectivity index (χ0v) is 11.8. The molecule has 2 nitrogen and oxygen atoms in total. The van der Waals surface area contributed by atoms with E-state index in [0.717, 1.165) is 5.92 Å². The summed E-state index contributed by atoms with van der Waals surface area (Å²) in [6.07, 6.45) is 11.4. The molecule has 0 amide bonds. The van der Waals surface area contributed by atoms with Gasteiger partial charge in [0.1, 0.15) is 0 Å². The molecule has 1 fully saturated rings. The first-order chi connectivity index (χ1) is 8.33. The van der Waals surface area contributed by atoms with Gasteiger partial charge in [-0.15, -0.1) is 0 Å². The second-order valence-electron chi connectivity index (χ2n) is 5.29. The quantitative estimate of drug-likeness (QED) is 0.621. The Morgan fingerprint density at radius 2 is 1.53 bits per heavy atom. The first-order valence-electron chi connectivity index (χ1n) is 7.31. The molecule has 100 valence electrons. The van der Waals surface area contributed by atoms with Crippen LogP contribution in [0.4, 0.5) is 0 Å². The van der Waals surface area contributed by atoms with E-state index in [1.54, 1.807) is 0 Å². The molecule has 1 rings (SSSR count). The van der Waals surface area contributed by atoms with Crippen molar-refractivity contribution in [3.8, 4) is 6.57 Å². The minimum absolute atomic E-state index is 0.978. The highest BCUT2D eigenvalue weighted by Gasteiger charge is 2.14. The van der Waals surface area contributed by atoms with E-state index >= 15 is 0 Å². The Bertz CT molecular complexity index is 169. The lowest BCUT2D eigenvalue weighted by Crippen LogP contribution is -2.33. The molecule has 0 radical (unpaired) electrons. The Balaban J connectivity index is 0.00000121. The maximum atomic E-state index is 6.50. The molecule has 0 spiro atoms. The molecule has 2 heteroatoms. The van der Waals surface area contributed by atoms with Crippen LogP contribution in [-0.2, 0) is 0 Å². The van der Waals surface area contributed by atoms with E-state index in [-0.39, 0.29) is 0 Å². The van der Waals surface area contributed by atoms with E-state index in [4.69, 9.17) is 5.26 Å². The number of piperidine rings is 1. The second kappa shape index (κ2) is 11.9. The molecule has 0 bridgehead atoms. The van der Waals surface area contributed by atoms with Crippen LogP contribution in [0, 0.1) is 17.8 Å². The topological polar surface area (TPSA) is 27.0 Å². The van der Waals surface area contributed by atoms with Crippen molar-refractivity contribution in [2.24, 2.45) is 5.92 Å². The van der Waals surface area contributed by atoms with Crippen LogP contribution in [0.15, 0.2) is 0 Å². The molecule has 0 aromatic heterocycles. The minimum atomic E-state index is 0.978. The standard InChI is InChI=1S/C14H29N.CHN/c1-3-4-5-6-7-8-11-15-12-9-14(2)10-13-15;1-2/h14H,3-13H2,1-2H3;1H. The third-order valence-corrected chi connectivity index (χ3v) is 3.70. The van der Waals surface area contributed by atoms with E-state index in [9.17, 15) is 0 Å². The molecule has 0 N–H and O–H groups in total. The summed E-state index contributed by atoms with van der Waals surface area (Å²) < 4.78 is 0. The van der Waals surface area contributed by atoms with Gasteiger partial charge in [-0.1, -0.05) is 46.0 Å². The summed E-state index contributed by atoms with van der Waals surface area (Å²) in [6, 6.07) is 0. The summed E-state index contributed by atoms with van der Waals surface area (Å²) >= 11 is 0. The first kappa shape index (κ1) is 16.4. The van der Waals surface area contributed by atoms with Crippen LogP contribution in [0.3, 0.4) is 0 Å². The number of rotatable bonds is 7. The third kappa shape index (κ3) is 9.18. The van der Waals surface area contributed by atoms with Crippen molar-refractivity contribution >= 4 is 0 Å². The molecule has 0 aromatic carbocycles. The number of unbranched alkanes of at least 4 members (excludes halogenated alkanes) is 5. The minimum Gasteiger partial charge on any atom is -0.303 e. The Labute approximate surface area is 108 Å². The van der Waals surface area contributed by atoms with Crippen LogP contribution >= 0.6 is 0 Å². The van der Waals surface area contributed by atoms with Gasteiger partial charge in [-0.3, -0.25) is 0 Å². The van der Waals surface area contributed by atoms with Crippen LogP contribution < -0.4 is 0 Å². The summed E-state index contributed by atoms with van der Waals surface area (Å²) in [5, 5.41) is 6.50. The van der Waals surface area contributed by atoms with Gasteiger partial charge in [0.05, 0.1) is 0 Å². The lowest BCUT2D eigenvalue weighted by molar-refractivity contribution is 0.189. The van der Waals surface area contributed by atoms with Crippen LogP contribution in [0.1, 0.15) is 65.2 Å². The average molecular weight is 238 g/mol. The van der Waals surface area contributed by atoms with Crippen LogP contribution in [0.25, 0.3) is 0 Å². The van der Waals surface area contributed by atoms with E-state index in [1.165, 1.54) is 71.0 Å². The van der Waals surface area contributed by atoms with Gasteiger partial charge < -0.3 is 4.90 Å². The van der Waals surface area contributed by atoms with Crippen molar-refractivity contribution in [3.05, 3.63) is 0 Å². The summed E-state index contributed by atoms with van der Waals surface area (Å²) in [5.41, 5.74) is 0. The lowest BCUT2D eigenvalue weighted by Gasteiger charge is -2.30. The zero-order valence-electron chi connectivity index (χ0n) is 11.8. The summed E-state index contributed by atoms with van der Waals surface area (Å²) in [5.74, 6) is 0.978. The van der Waals surface area contributed by atoms with Gasteiger partial charge in [0.2, 0.25) is 0 Å². The maximum Gasteiger partial charge on any atom is 0.0462 e. The van der Waals surface area contributed by atoms with E-state index in [1.807, 2.05) is 0 Å². The predicted molar refractivity (Wildman–Crippen MR) is 74.9 cm³/mol. The molecule has 0 saturated carbocycles. The van der Waals surface area contributed by atoms with Gasteiger partial charge in [0, 0.05) is 6.57 Å². The average Bonchev–Trinajstić information content (AvgIpc) is 2.38. The van der Waals surface area contributed by atoms with Crippen molar-refractivity contribution in [2.75, 3.05) is 19.6 Å². The smallest absolute Gasteiger partial charge is 0.0462 e. The fourth-order valence-electron chi connectivity index (χ4n) is 2.40. The number of nitrogens with zero attached hydrogens (tertiary/aromatic N) is 2. The van der Waals surface area contributed by atoms with Crippen molar-refractivity contribution in [2.45, 2.75) is 65.2 Å². The normalized spacial score (nSPS) is 17.4. The monoisotopic (exact) mass is 238 g/mol. The molecule has 0 aromatic rings. The highest BCUT2D eigenvalue weighted by Crippen LogP contribution is 2.16. The molecule has 1 saturated heterocycles. The number of nitriles is 1. The fraction of sp³-hybridized carbons (Fsp3) is 0.933. The Hall–Kier alpha value is -0.550. The van der Waals surface area contributed by atoms with Crippen LogP contribution in [0.2, 0.25) is 0 Å². The van der Waals surface area contributed by atoms with Crippen molar-refractivity contribution in [1.29, 1.82) is 5.26 Å². The van der Waals surface area contributed by atoms with E-state index < -0.39 is 0 Å². The largest absolute Gasteiger partial charge is 0.303 e. The molecular formula is C15H30N2. The summed E-state index contributed by atoms with van der Waals surface area (Å²) in [6.45, 7) is 12.3. The Kier molecular flexibility index (Phi) is 11.5. The molecule has 1 aliphatic rings. The number of hydrogen-bond donors (Lipinski definition) is 0. The van der Waals surface area contributed by atoms with Gasteiger partial charge in [-0.05, 0) is 44.8 Å². The van der Waals surface area contributed by atoms with E-state index in [2.05, 4.69) is 25.3 Å². The zero-order chi connectivity index (χ0) is 12.9. The van der Waals surface area contributed by atoms with E-state index in [0.29, 0.717) is 0 Å². The molecule has 17 heavy (non-hydrogen) atoms. The number of hydrogen-bond acceptors (Lipinski definition) is 2. The number of likely N-dealkylation sites (tertiary alicyclic amines) is 1. The summed E-state index contributed by atoms with van der Waals surface area (Å²) in [7, 11) is 0. The maximum absolute atomic E-state index is 6.50. The van der Waals surface area contributed by atoms with Gasteiger partial charge >= 0.3 is 0 Å². The van der Waals surface area contributed by atoms with Crippen LogP contribution in [-0.4, -0.2) is 24.5 Å². The van der Waals surface area contributed by atoms with Crippen molar-refractivity contribution in [1.82, 2.24) is 4.90 Å². The van der Waals surface area contributed by atoms with Crippen molar-refractivity contribution < 1.29 is 0 Å². The first-order valence-corrected chi connectivity index (χ1v) is 7.31. The Morgan fingerprint density at radius 3 is 2.12 bits per heavy atom. The lowest BCUT2D eigenvalue weighted by atomic mass is 9.99. The highest BCUT2D eigenvalue weighted by atomic mass is 15.1. The highest BCUT2D eigenvalue weighted by molar-refractivity contribution is 4.68. The molecule has 0 aliphatic carbocycles. The van der Waals surface area contributed by atoms with Gasteiger partial charge in [-0.25, -0.2) is 5.26 Å². The third-order valence-electron chi connectivity index (χ3n) is 3.70. The SMILES string of the molecule is C#N.CCCCCCCCN1CCC(C)CC1.